The minimum Gasteiger partial charge on any atom is -0.332 e. The van der Waals surface area contributed by atoms with E-state index in [1.54, 1.807) is 0 Å². The molecule has 106 valence electrons. The molecule has 0 radical (unpaired) electrons. The molecule has 3 rings (SSSR count). The molecule has 0 bridgehead atoms. The number of nitrogens with two attached hydrogens (primary N) is 1. The highest BCUT2D eigenvalue weighted by Gasteiger charge is 2.26. The van der Waals surface area contributed by atoms with Crippen LogP contribution in [0, 0.1) is 0 Å². The number of hydrogen-bond acceptors (Lipinski definition) is 3. The molecule has 0 unspecified atom stereocenters. The SMILES string of the molecule is CN1CCC(c2nc3n(c2CCN)CCCC3)CC1. The Balaban J connectivity index is 1.89. The summed E-state index contributed by atoms with van der Waals surface area (Å²) in [5.41, 5.74) is 8.66. The molecule has 2 aliphatic heterocycles. The number of likely N-dealkylation sites (tertiary alicyclic amines) is 1. The lowest BCUT2D eigenvalue weighted by molar-refractivity contribution is 0.253. The van der Waals surface area contributed by atoms with Crippen molar-refractivity contribution in [2.75, 3.05) is 26.7 Å². The van der Waals surface area contributed by atoms with Crippen LogP contribution < -0.4 is 5.73 Å². The number of piperidine rings is 1. The van der Waals surface area contributed by atoms with Gasteiger partial charge in [0, 0.05) is 31.0 Å². The third kappa shape index (κ3) is 2.56. The minimum atomic E-state index is 0.663. The molecule has 1 aromatic rings. The number of hydrogen-bond donors (Lipinski definition) is 1. The van der Waals surface area contributed by atoms with Crippen LogP contribution in [0.2, 0.25) is 0 Å². The van der Waals surface area contributed by atoms with E-state index in [2.05, 4.69) is 16.5 Å². The van der Waals surface area contributed by atoms with Crippen LogP contribution in [0.4, 0.5) is 0 Å². The summed E-state index contributed by atoms with van der Waals surface area (Å²) in [4.78, 5) is 7.43. The van der Waals surface area contributed by atoms with Gasteiger partial charge in [0.15, 0.2) is 0 Å². The van der Waals surface area contributed by atoms with Gasteiger partial charge in [0.1, 0.15) is 5.82 Å². The average molecular weight is 262 g/mol. The first-order chi connectivity index (χ1) is 9.29. The second-order valence-corrected chi connectivity index (χ2v) is 6.08. The Morgan fingerprint density at radius 2 is 2.00 bits per heavy atom. The van der Waals surface area contributed by atoms with Gasteiger partial charge in [-0.05, 0) is 52.4 Å². The molecule has 3 heterocycles. The number of fused-ring (bicyclic) bond motifs is 1. The predicted octanol–water partition coefficient (Wildman–Crippen LogP) is 1.53. The predicted molar refractivity (Wildman–Crippen MR) is 77.4 cm³/mol. The first-order valence-corrected chi connectivity index (χ1v) is 7.76. The van der Waals surface area contributed by atoms with Crippen molar-refractivity contribution in [3.05, 3.63) is 17.2 Å². The Morgan fingerprint density at radius 1 is 1.21 bits per heavy atom. The maximum absolute atomic E-state index is 5.82. The third-order valence-electron chi connectivity index (χ3n) is 4.70. The van der Waals surface area contributed by atoms with E-state index >= 15 is 0 Å². The van der Waals surface area contributed by atoms with E-state index in [1.807, 2.05) is 0 Å². The van der Waals surface area contributed by atoms with Gasteiger partial charge in [-0.3, -0.25) is 0 Å². The quantitative estimate of drug-likeness (QED) is 0.898. The molecule has 0 spiro atoms. The Morgan fingerprint density at radius 3 is 2.74 bits per heavy atom. The summed E-state index contributed by atoms with van der Waals surface area (Å²) in [7, 11) is 2.22. The van der Waals surface area contributed by atoms with Gasteiger partial charge < -0.3 is 15.2 Å². The van der Waals surface area contributed by atoms with Crippen LogP contribution in [0.25, 0.3) is 0 Å². The van der Waals surface area contributed by atoms with Gasteiger partial charge in [0.2, 0.25) is 0 Å². The summed E-state index contributed by atoms with van der Waals surface area (Å²) in [6.07, 6.45) is 7.26. The smallest absolute Gasteiger partial charge is 0.109 e. The summed E-state index contributed by atoms with van der Waals surface area (Å²) in [5.74, 6) is 1.99. The molecule has 0 aliphatic carbocycles. The van der Waals surface area contributed by atoms with Gasteiger partial charge in [0.05, 0.1) is 5.69 Å². The number of imidazole rings is 1. The van der Waals surface area contributed by atoms with Crippen molar-refractivity contribution in [3.8, 4) is 0 Å². The molecule has 0 amide bonds. The fourth-order valence-corrected chi connectivity index (χ4v) is 3.57. The highest BCUT2D eigenvalue weighted by Crippen LogP contribution is 2.31. The van der Waals surface area contributed by atoms with Crippen LogP contribution >= 0.6 is 0 Å². The van der Waals surface area contributed by atoms with E-state index in [9.17, 15) is 0 Å². The van der Waals surface area contributed by atoms with E-state index in [0.717, 1.165) is 25.9 Å². The van der Waals surface area contributed by atoms with Crippen LogP contribution in [0.3, 0.4) is 0 Å². The lowest BCUT2D eigenvalue weighted by Crippen LogP contribution is -2.30. The number of aromatic nitrogens is 2. The largest absolute Gasteiger partial charge is 0.332 e. The topological polar surface area (TPSA) is 47.1 Å². The van der Waals surface area contributed by atoms with Gasteiger partial charge >= 0.3 is 0 Å². The summed E-state index contributed by atoms with van der Waals surface area (Å²) < 4.78 is 2.48. The number of nitrogens with zero attached hydrogens (tertiary/aromatic N) is 3. The fourth-order valence-electron chi connectivity index (χ4n) is 3.57. The molecule has 0 aromatic carbocycles. The van der Waals surface area contributed by atoms with Crippen LogP contribution in [0.5, 0.6) is 0 Å². The van der Waals surface area contributed by atoms with Crippen molar-refractivity contribution in [2.45, 2.75) is 51.0 Å². The number of rotatable bonds is 3. The molecule has 0 atom stereocenters. The molecular formula is C15H26N4. The Kier molecular flexibility index (Phi) is 3.89. The zero-order valence-electron chi connectivity index (χ0n) is 12.1. The fraction of sp³-hybridized carbons (Fsp3) is 0.800. The summed E-state index contributed by atoms with van der Waals surface area (Å²) in [6.45, 7) is 4.30. The molecule has 0 saturated carbocycles. The summed E-state index contributed by atoms with van der Waals surface area (Å²) in [5, 5.41) is 0. The van der Waals surface area contributed by atoms with Crippen LogP contribution in [-0.2, 0) is 19.4 Å². The Labute approximate surface area is 116 Å². The highest BCUT2D eigenvalue weighted by molar-refractivity contribution is 5.23. The zero-order valence-corrected chi connectivity index (χ0v) is 12.1. The molecule has 4 nitrogen and oxygen atoms in total. The van der Waals surface area contributed by atoms with E-state index in [4.69, 9.17) is 10.7 Å². The monoisotopic (exact) mass is 262 g/mol. The zero-order chi connectivity index (χ0) is 13.2. The van der Waals surface area contributed by atoms with Crippen molar-refractivity contribution in [2.24, 2.45) is 5.73 Å². The van der Waals surface area contributed by atoms with E-state index < -0.39 is 0 Å². The van der Waals surface area contributed by atoms with Gasteiger partial charge in [0.25, 0.3) is 0 Å². The van der Waals surface area contributed by atoms with E-state index in [1.165, 1.54) is 56.0 Å². The van der Waals surface area contributed by atoms with Gasteiger partial charge in [-0.2, -0.15) is 0 Å². The van der Waals surface area contributed by atoms with Gasteiger partial charge in [-0.1, -0.05) is 0 Å². The van der Waals surface area contributed by atoms with Crippen LogP contribution in [-0.4, -0.2) is 41.1 Å². The van der Waals surface area contributed by atoms with Crippen molar-refractivity contribution in [1.29, 1.82) is 0 Å². The maximum atomic E-state index is 5.82. The first kappa shape index (κ1) is 13.1. The van der Waals surface area contributed by atoms with Crippen molar-refractivity contribution >= 4 is 0 Å². The second kappa shape index (κ2) is 5.63. The molecule has 19 heavy (non-hydrogen) atoms. The molecule has 2 aliphatic rings. The lowest BCUT2D eigenvalue weighted by atomic mass is 9.92. The van der Waals surface area contributed by atoms with Crippen molar-refractivity contribution < 1.29 is 0 Å². The molecule has 4 heteroatoms. The summed E-state index contributed by atoms with van der Waals surface area (Å²) in [6, 6.07) is 0. The molecule has 1 fully saturated rings. The van der Waals surface area contributed by atoms with E-state index in [-0.39, 0.29) is 0 Å². The Bertz CT molecular complexity index is 430. The molecular weight excluding hydrogens is 236 g/mol. The highest BCUT2D eigenvalue weighted by atomic mass is 15.1. The molecule has 1 aromatic heterocycles. The van der Waals surface area contributed by atoms with Crippen LogP contribution in [0.15, 0.2) is 0 Å². The van der Waals surface area contributed by atoms with Crippen molar-refractivity contribution in [1.82, 2.24) is 14.5 Å². The maximum Gasteiger partial charge on any atom is 0.109 e. The van der Waals surface area contributed by atoms with Gasteiger partial charge in [-0.25, -0.2) is 4.98 Å². The average Bonchev–Trinajstić information content (AvgIpc) is 2.79. The summed E-state index contributed by atoms with van der Waals surface area (Å²) >= 11 is 0. The van der Waals surface area contributed by atoms with E-state index in [0.29, 0.717) is 5.92 Å². The van der Waals surface area contributed by atoms with Crippen molar-refractivity contribution in [3.63, 3.8) is 0 Å². The Hall–Kier alpha value is -0.870. The third-order valence-corrected chi connectivity index (χ3v) is 4.70. The molecule has 1 saturated heterocycles. The normalized spacial score (nSPS) is 21.6. The minimum absolute atomic E-state index is 0.663. The lowest BCUT2D eigenvalue weighted by Gasteiger charge is -2.28. The molecule has 2 N–H and O–H groups in total. The van der Waals surface area contributed by atoms with Crippen LogP contribution in [0.1, 0.15) is 48.8 Å². The van der Waals surface area contributed by atoms with Gasteiger partial charge in [-0.15, -0.1) is 0 Å². The second-order valence-electron chi connectivity index (χ2n) is 6.08. The standard InChI is InChI=1S/C15H26N4/c1-18-10-6-12(7-11-18)15-13(5-8-16)19-9-3-2-4-14(19)17-15/h12H,2-11,16H2,1H3. The number of aryl methyl sites for hydroxylation is 1. The first-order valence-electron chi connectivity index (χ1n) is 7.76.